The van der Waals surface area contributed by atoms with E-state index in [0.717, 1.165) is 24.1 Å². The topological polar surface area (TPSA) is 9.23 Å². The maximum absolute atomic E-state index is 5.81. The van der Waals surface area contributed by atoms with E-state index in [9.17, 15) is 0 Å². The number of halogens is 1. The first-order valence-corrected chi connectivity index (χ1v) is 8.25. The minimum Gasteiger partial charge on any atom is -0.493 e. The third-order valence-corrected chi connectivity index (χ3v) is 4.96. The number of alkyl halides is 1. The lowest BCUT2D eigenvalue weighted by molar-refractivity contribution is 0.320. The summed E-state index contributed by atoms with van der Waals surface area (Å²) in [5.41, 5.74) is 4.20. The van der Waals surface area contributed by atoms with Crippen molar-refractivity contribution in [3.8, 4) is 5.75 Å². The van der Waals surface area contributed by atoms with E-state index in [4.69, 9.17) is 4.74 Å². The van der Waals surface area contributed by atoms with Gasteiger partial charge in [-0.1, -0.05) is 58.4 Å². The van der Waals surface area contributed by atoms with E-state index < -0.39 is 0 Å². The lowest BCUT2D eigenvalue weighted by Crippen LogP contribution is -2.10. The predicted octanol–water partition coefficient (Wildman–Crippen LogP) is 5.04. The van der Waals surface area contributed by atoms with Gasteiger partial charge in [0.25, 0.3) is 0 Å². The van der Waals surface area contributed by atoms with Crippen molar-refractivity contribution < 1.29 is 4.74 Å². The summed E-state index contributed by atoms with van der Waals surface area (Å²) in [4.78, 5) is 0. The summed E-state index contributed by atoms with van der Waals surface area (Å²) >= 11 is 3.69. The highest BCUT2D eigenvalue weighted by atomic mass is 79.9. The van der Waals surface area contributed by atoms with Gasteiger partial charge < -0.3 is 4.74 Å². The lowest BCUT2D eigenvalue weighted by atomic mass is 9.85. The highest BCUT2D eigenvalue weighted by Gasteiger charge is 2.27. The van der Waals surface area contributed by atoms with Gasteiger partial charge in [-0.3, -0.25) is 0 Å². The van der Waals surface area contributed by atoms with Crippen molar-refractivity contribution in [2.24, 2.45) is 0 Å². The number of hydrogen-bond donors (Lipinski definition) is 0. The molecule has 1 nitrogen and oxygen atoms in total. The molecule has 0 N–H and O–H groups in total. The lowest BCUT2D eigenvalue weighted by Gasteiger charge is -2.20. The van der Waals surface area contributed by atoms with Crippen molar-refractivity contribution in [1.82, 2.24) is 0 Å². The van der Waals surface area contributed by atoms with E-state index in [0.29, 0.717) is 11.8 Å². The van der Waals surface area contributed by atoms with Crippen LogP contribution in [0.1, 0.15) is 34.9 Å². The normalized spacial score (nSPS) is 18.4. The molecule has 0 bridgehead atoms. The minimum atomic E-state index is 0.508. The summed E-state index contributed by atoms with van der Waals surface area (Å²) in [5.74, 6) is 2.11. The smallest absolute Gasteiger partial charge is 0.122 e. The minimum absolute atomic E-state index is 0.508. The van der Waals surface area contributed by atoms with Crippen LogP contribution >= 0.6 is 15.9 Å². The number of hydrogen-bond acceptors (Lipinski definition) is 1. The summed E-state index contributed by atoms with van der Waals surface area (Å²) in [6.45, 7) is 3.01. The van der Waals surface area contributed by atoms with E-state index in [-0.39, 0.29) is 0 Å². The molecule has 0 aromatic heterocycles. The van der Waals surface area contributed by atoms with Crippen molar-refractivity contribution in [1.29, 1.82) is 0 Å². The van der Waals surface area contributed by atoms with Crippen LogP contribution in [0.4, 0.5) is 0 Å². The average Bonchev–Trinajstić information content (AvgIpc) is 2.89. The van der Waals surface area contributed by atoms with Gasteiger partial charge >= 0.3 is 0 Å². The fourth-order valence-corrected chi connectivity index (χ4v) is 3.70. The van der Waals surface area contributed by atoms with Crippen molar-refractivity contribution in [2.75, 3.05) is 11.9 Å². The zero-order valence-corrected chi connectivity index (χ0v) is 13.3. The van der Waals surface area contributed by atoms with Crippen molar-refractivity contribution in [3.05, 3.63) is 65.2 Å². The Morgan fingerprint density at radius 1 is 1.15 bits per heavy atom. The van der Waals surface area contributed by atoms with Crippen LogP contribution in [-0.2, 0) is 0 Å². The Morgan fingerprint density at radius 2 is 1.90 bits per heavy atom. The van der Waals surface area contributed by atoms with E-state index in [1.807, 2.05) is 6.07 Å². The molecule has 0 saturated carbocycles. The van der Waals surface area contributed by atoms with Gasteiger partial charge in [-0.15, -0.1) is 0 Å². The van der Waals surface area contributed by atoms with Crippen molar-refractivity contribution >= 4 is 15.9 Å². The van der Waals surface area contributed by atoms with Gasteiger partial charge in [-0.25, -0.2) is 0 Å². The number of benzene rings is 2. The molecule has 1 heterocycles. The monoisotopic (exact) mass is 330 g/mol. The number of rotatable bonds is 4. The summed E-state index contributed by atoms with van der Waals surface area (Å²) < 4.78 is 5.81. The Morgan fingerprint density at radius 3 is 2.70 bits per heavy atom. The second kappa shape index (κ2) is 6.01. The maximum Gasteiger partial charge on any atom is 0.122 e. The number of para-hydroxylation sites is 1. The summed E-state index contributed by atoms with van der Waals surface area (Å²) in [6, 6.07) is 17.1. The molecular formula is C18H19BrO. The van der Waals surface area contributed by atoms with Gasteiger partial charge in [0.15, 0.2) is 0 Å². The zero-order valence-electron chi connectivity index (χ0n) is 11.7. The van der Waals surface area contributed by atoms with Gasteiger partial charge in [0, 0.05) is 16.8 Å². The van der Waals surface area contributed by atoms with Crippen LogP contribution in [-0.4, -0.2) is 11.9 Å². The highest BCUT2D eigenvalue weighted by molar-refractivity contribution is 9.09. The molecule has 0 amide bonds. The summed E-state index contributed by atoms with van der Waals surface area (Å²) in [6.07, 6.45) is 1.13. The molecule has 2 aromatic carbocycles. The Bertz CT molecular complexity index is 593. The SMILES string of the molecule is Cc1ccccc1C(CBr)CC1COc2ccccc21. The molecule has 0 fully saturated rings. The molecule has 0 aliphatic carbocycles. The van der Waals surface area contributed by atoms with Crippen LogP contribution in [0.25, 0.3) is 0 Å². The summed E-state index contributed by atoms with van der Waals surface area (Å²) in [5, 5.41) is 0.997. The summed E-state index contributed by atoms with van der Waals surface area (Å²) in [7, 11) is 0. The molecule has 104 valence electrons. The van der Waals surface area contributed by atoms with E-state index in [1.165, 1.54) is 16.7 Å². The maximum atomic E-state index is 5.81. The number of fused-ring (bicyclic) bond motifs is 1. The second-order valence-electron chi connectivity index (χ2n) is 5.49. The highest BCUT2D eigenvalue weighted by Crippen LogP contribution is 2.40. The van der Waals surface area contributed by atoms with Crippen molar-refractivity contribution in [2.45, 2.75) is 25.2 Å². The van der Waals surface area contributed by atoms with Crippen LogP contribution in [0.3, 0.4) is 0 Å². The number of ether oxygens (including phenoxy) is 1. The molecule has 0 spiro atoms. The first-order valence-electron chi connectivity index (χ1n) is 7.13. The molecule has 2 atom stereocenters. The van der Waals surface area contributed by atoms with Crippen LogP contribution in [0, 0.1) is 6.92 Å². The van der Waals surface area contributed by atoms with Crippen LogP contribution in [0.15, 0.2) is 48.5 Å². The molecule has 3 rings (SSSR count). The molecule has 1 aliphatic rings. The van der Waals surface area contributed by atoms with Crippen LogP contribution in [0.5, 0.6) is 5.75 Å². The number of aryl methyl sites for hydroxylation is 1. The van der Waals surface area contributed by atoms with Crippen molar-refractivity contribution in [3.63, 3.8) is 0 Å². The van der Waals surface area contributed by atoms with E-state index in [2.05, 4.69) is 65.3 Å². The second-order valence-corrected chi connectivity index (χ2v) is 6.14. The zero-order chi connectivity index (χ0) is 13.9. The third-order valence-electron chi connectivity index (χ3n) is 4.18. The first-order chi connectivity index (χ1) is 9.79. The molecule has 20 heavy (non-hydrogen) atoms. The fourth-order valence-electron chi connectivity index (χ4n) is 3.09. The Kier molecular flexibility index (Phi) is 4.11. The molecular weight excluding hydrogens is 312 g/mol. The van der Waals surface area contributed by atoms with Gasteiger partial charge in [-0.2, -0.15) is 0 Å². The Labute approximate surface area is 129 Å². The van der Waals surface area contributed by atoms with Gasteiger partial charge in [0.1, 0.15) is 5.75 Å². The third kappa shape index (κ3) is 2.62. The van der Waals surface area contributed by atoms with Crippen LogP contribution in [0.2, 0.25) is 0 Å². The predicted molar refractivity (Wildman–Crippen MR) is 87.0 cm³/mol. The molecule has 0 radical (unpaired) electrons. The Balaban J connectivity index is 1.82. The quantitative estimate of drug-likeness (QED) is 0.713. The largest absolute Gasteiger partial charge is 0.493 e. The molecule has 0 saturated heterocycles. The molecule has 1 aliphatic heterocycles. The van der Waals surface area contributed by atoms with E-state index in [1.54, 1.807) is 0 Å². The van der Waals surface area contributed by atoms with E-state index >= 15 is 0 Å². The fraction of sp³-hybridized carbons (Fsp3) is 0.333. The standard InChI is InChI=1S/C18H19BrO/c1-13-6-2-3-7-16(13)14(11-19)10-15-12-20-18-9-5-4-8-17(15)18/h2-9,14-15H,10-12H2,1H3. The Hall–Kier alpha value is -1.28. The average molecular weight is 331 g/mol. The van der Waals surface area contributed by atoms with Gasteiger partial charge in [-0.05, 0) is 36.5 Å². The molecule has 2 unspecified atom stereocenters. The van der Waals surface area contributed by atoms with Gasteiger partial charge in [0.2, 0.25) is 0 Å². The molecule has 2 aromatic rings. The van der Waals surface area contributed by atoms with Crippen LogP contribution < -0.4 is 4.74 Å². The molecule has 2 heteroatoms. The van der Waals surface area contributed by atoms with Gasteiger partial charge in [0.05, 0.1) is 6.61 Å². The first kappa shape index (κ1) is 13.7.